The Kier molecular flexibility index (Phi) is 8.18. The van der Waals surface area contributed by atoms with Gasteiger partial charge in [-0.1, -0.05) is 33.3 Å². The van der Waals surface area contributed by atoms with Gasteiger partial charge in [0.2, 0.25) is 0 Å². The van der Waals surface area contributed by atoms with E-state index >= 15 is 0 Å². The molecule has 40 heavy (non-hydrogen) atoms. The Morgan fingerprint density at radius 2 is 1.77 bits per heavy atom. The van der Waals surface area contributed by atoms with Gasteiger partial charge in [0.1, 0.15) is 10.6 Å². The molecule has 1 saturated heterocycles. The number of thiophene rings is 1. The number of nitrogens with zero attached hydrogens (tertiary/aromatic N) is 1. The van der Waals surface area contributed by atoms with Crippen molar-refractivity contribution in [2.24, 2.45) is 45.3 Å². The van der Waals surface area contributed by atoms with Crippen LogP contribution in [0.3, 0.4) is 0 Å². The van der Waals surface area contributed by atoms with Gasteiger partial charge in [0.15, 0.2) is 0 Å². The molecule has 4 saturated carbocycles. The number of aliphatic hydroxyl groups excluding tert-OH is 1. The van der Waals surface area contributed by atoms with Crippen LogP contribution in [0.25, 0.3) is 0 Å². The minimum Gasteiger partial charge on any atom is -0.477 e. The maximum absolute atomic E-state index is 12.1. The highest BCUT2D eigenvalue weighted by molar-refractivity contribution is 7.97. The first-order chi connectivity index (χ1) is 18.8. The van der Waals surface area contributed by atoms with E-state index in [-0.39, 0.29) is 22.2 Å². The topological polar surface area (TPSA) is 81.0 Å². The van der Waals surface area contributed by atoms with Crippen molar-refractivity contribution in [2.45, 2.75) is 109 Å². The van der Waals surface area contributed by atoms with Crippen LogP contribution in [-0.2, 0) is 0 Å². The van der Waals surface area contributed by atoms with Gasteiger partial charge >= 0.3 is 5.97 Å². The summed E-state index contributed by atoms with van der Waals surface area (Å²) in [5.41, 5.74) is -0.203. The standard InChI is InChI=1S/C30H45NO4S2.C3H6/c1-26-15-16-31(37-21-10-17-36-24(21)25(33)34)29(4,35)23(26)9-12-28(3)22(26)8-7-19-20-6-5-11-30(20,18-32)14-13-27(19,28)2;1-3-2/h10,17,19-20,22-23,32,35H,5-9,11-16,18H2,1-4H3,(H,33,34);3H,1H2,2H3/t19?,20?,22?,23?,26?,27-,28?,29?,30?;/m1./s1. The highest BCUT2D eigenvalue weighted by Gasteiger charge is 2.70. The highest BCUT2D eigenvalue weighted by atomic mass is 32.2. The number of rotatable bonds is 4. The average molecular weight is 590 g/mol. The summed E-state index contributed by atoms with van der Waals surface area (Å²) >= 11 is 2.69. The number of hydrogen-bond donors (Lipinski definition) is 3. The molecule has 4 aliphatic carbocycles. The van der Waals surface area contributed by atoms with Crippen LogP contribution in [0.5, 0.6) is 0 Å². The molecule has 6 rings (SSSR count). The maximum atomic E-state index is 12.1. The minimum atomic E-state index is -0.988. The number of carbonyl (C=O) groups is 1. The molecule has 0 spiro atoms. The number of fused-ring (bicyclic) bond motifs is 7. The van der Waals surface area contributed by atoms with Crippen LogP contribution >= 0.6 is 23.3 Å². The summed E-state index contributed by atoms with van der Waals surface area (Å²) in [6.45, 7) is 16.1. The van der Waals surface area contributed by atoms with Gasteiger partial charge in [-0.15, -0.1) is 17.9 Å². The van der Waals surface area contributed by atoms with Gasteiger partial charge in [0.05, 0.1) is 0 Å². The molecule has 5 fully saturated rings. The molecule has 8 unspecified atom stereocenters. The predicted molar refractivity (Wildman–Crippen MR) is 164 cm³/mol. The predicted octanol–water partition coefficient (Wildman–Crippen LogP) is 8.09. The fourth-order valence-corrected chi connectivity index (χ4v) is 13.1. The zero-order valence-electron chi connectivity index (χ0n) is 25.2. The number of allylic oxidation sites excluding steroid dienone is 1. The van der Waals surface area contributed by atoms with Crippen molar-refractivity contribution in [3.05, 3.63) is 29.0 Å². The average Bonchev–Trinajstić information content (AvgIpc) is 3.54. The summed E-state index contributed by atoms with van der Waals surface area (Å²) in [6, 6.07) is 1.88. The zero-order valence-corrected chi connectivity index (χ0v) is 26.9. The molecule has 1 aromatic rings. The molecule has 9 atom stereocenters. The summed E-state index contributed by atoms with van der Waals surface area (Å²) in [4.78, 5) is 12.8. The van der Waals surface area contributed by atoms with E-state index in [1.807, 2.05) is 25.3 Å². The van der Waals surface area contributed by atoms with Crippen molar-refractivity contribution in [3.63, 3.8) is 0 Å². The third-order valence-corrected chi connectivity index (χ3v) is 15.5. The highest BCUT2D eigenvalue weighted by Crippen LogP contribution is 2.76. The first-order valence-electron chi connectivity index (χ1n) is 15.5. The third kappa shape index (κ3) is 4.31. The molecule has 0 bridgehead atoms. The Morgan fingerprint density at radius 1 is 1.05 bits per heavy atom. The van der Waals surface area contributed by atoms with Gasteiger partial charge < -0.3 is 15.3 Å². The molecule has 0 amide bonds. The van der Waals surface area contributed by atoms with Gasteiger partial charge in [0.25, 0.3) is 0 Å². The molecule has 7 heteroatoms. The lowest BCUT2D eigenvalue weighted by atomic mass is 9.34. The van der Waals surface area contributed by atoms with Crippen LogP contribution in [-0.4, -0.2) is 44.5 Å². The SMILES string of the molecule is C=CC.CC12CCN(Sc3ccsc3C(=O)O)C(C)(O)C1CCC1(C)C2CCC2C3CCCC3(CO)CC[C@]21C. The Labute approximate surface area is 250 Å². The molecule has 5 nitrogen and oxygen atoms in total. The van der Waals surface area contributed by atoms with Crippen molar-refractivity contribution in [1.29, 1.82) is 0 Å². The first kappa shape index (κ1) is 30.6. The van der Waals surface area contributed by atoms with Crippen molar-refractivity contribution in [3.8, 4) is 0 Å². The van der Waals surface area contributed by atoms with Crippen LogP contribution in [0.15, 0.2) is 29.0 Å². The molecule has 1 aromatic heterocycles. The van der Waals surface area contributed by atoms with E-state index < -0.39 is 11.7 Å². The summed E-state index contributed by atoms with van der Waals surface area (Å²) in [5, 5.41) is 34.0. The zero-order chi connectivity index (χ0) is 29.1. The molecule has 0 radical (unpaired) electrons. The quantitative estimate of drug-likeness (QED) is 0.243. The molecule has 0 aromatic carbocycles. The summed E-state index contributed by atoms with van der Waals surface area (Å²) in [7, 11) is 0. The smallest absolute Gasteiger partial charge is 0.347 e. The van der Waals surface area contributed by atoms with Crippen LogP contribution in [0, 0.1) is 45.3 Å². The molecular formula is C33H51NO4S2. The van der Waals surface area contributed by atoms with Crippen molar-refractivity contribution >= 4 is 29.3 Å². The first-order valence-corrected chi connectivity index (χ1v) is 17.2. The van der Waals surface area contributed by atoms with Crippen molar-refractivity contribution in [2.75, 3.05) is 13.2 Å². The van der Waals surface area contributed by atoms with E-state index in [1.165, 1.54) is 68.2 Å². The van der Waals surface area contributed by atoms with Crippen LogP contribution in [0.1, 0.15) is 108 Å². The second-order valence-electron chi connectivity index (χ2n) is 14.6. The number of carboxylic acid groups (broad SMARTS) is 1. The normalized spacial score (nSPS) is 46.2. The molecule has 1 aliphatic heterocycles. The third-order valence-electron chi connectivity index (χ3n) is 13.2. The van der Waals surface area contributed by atoms with E-state index in [2.05, 4.69) is 31.7 Å². The monoisotopic (exact) mass is 589 g/mol. The van der Waals surface area contributed by atoms with Crippen molar-refractivity contribution in [1.82, 2.24) is 4.31 Å². The van der Waals surface area contributed by atoms with Crippen LogP contribution in [0.4, 0.5) is 0 Å². The van der Waals surface area contributed by atoms with Gasteiger partial charge in [-0.2, -0.15) is 0 Å². The lowest BCUT2D eigenvalue weighted by Gasteiger charge is -2.72. The number of carboxylic acids is 1. The van der Waals surface area contributed by atoms with E-state index in [9.17, 15) is 20.1 Å². The van der Waals surface area contributed by atoms with E-state index in [1.54, 1.807) is 6.08 Å². The van der Waals surface area contributed by atoms with Crippen LogP contribution < -0.4 is 0 Å². The fourth-order valence-electron chi connectivity index (χ4n) is 11.1. The van der Waals surface area contributed by atoms with E-state index in [4.69, 9.17) is 0 Å². The molecule has 5 aliphatic rings. The summed E-state index contributed by atoms with van der Waals surface area (Å²) < 4.78 is 2.08. The lowest BCUT2D eigenvalue weighted by Crippen LogP contribution is -2.69. The summed E-state index contributed by atoms with van der Waals surface area (Å²) in [6.07, 6.45) is 13.7. The largest absolute Gasteiger partial charge is 0.477 e. The fraction of sp³-hybridized carbons (Fsp3) is 0.788. The Hall–Kier alpha value is -0.860. The number of piperidine rings is 1. The number of hydrogen-bond acceptors (Lipinski definition) is 6. The molecule has 224 valence electrons. The molecule has 3 N–H and O–H groups in total. The summed E-state index contributed by atoms with van der Waals surface area (Å²) in [5.74, 6) is 1.24. The van der Waals surface area contributed by atoms with Gasteiger partial charge in [-0.05, 0) is 134 Å². The molecular weight excluding hydrogens is 539 g/mol. The van der Waals surface area contributed by atoms with E-state index in [0.29, 0.717) is 34.7 Å². The van der Waals surface area contributed by atoms with Gasteiger partial charge in [-0.25, -0.2) is 9.10 Å². The lowest BCUT2D eigenvalue weighted by molar-refractivity contribution is -0.264. The van der Waals surface area contributed by atoms with Crippen molar-refractivity contribution < 1.29 is 20.1 Å². The number of aromatic carboxylic acids is 1. The molecule has 2 heterocycles. The Bertz CT molecular complexity index is 1120. The van der Waals surface area contributed by atoms with Gasteiger partial charge in [-0.3, -0.25) is 0 Å². The van der Waals surface area contributed by atoms with Gasteiger partial charge in [0, 0.05) is 24.0 Å². The Balaban J connectivity index is 0.00000103. The second kappa shape index (κ2) is 10.7. The second-order valence-corrected chi connectivity index (χ2v) is 16.5. The van der Waals surface area contributed by atoms with E-state index in [0.717, 1.165) is 30.7 Å². The Morgan fingerprint density at radius 3 is 2.45 bits per heavy atom. The maximum Gasteiger partial charge on any atom is 0.347 e. The number of aliphatic hydroxyl groups is 2. The van der Waals surface area contributed by atoms with Crippen LogP contribution in [0.2, 0.25) is 0 Å². The minimum absolute atomic E-state index is 0.0625.